The zero-order valence-corrected chi connectivity index (χ0v) is 14.1. The molecule has 8 heteroatoms. The Morgan fingerprint density at radius 3 is 2.19 bits per heavy atom. The number of hydrogen-bond acceptors (Lipinski definition) is 5. The minimum Gasteiger partial charge on any atom is -0.282 e. The predicted molar refractivity (Wildman–Crippen MR) is 93.5 cm³/mol. The third-order valence-corrected chi connectivity index (χ3v) is 4.32. The summed E-state index contributed by atoms with van der Waals surface area (Å²) in [5, 5.41) is 11.6. The van der Waals surface area contributed by atoms with Crippen molar-refractivity contribution in [3.8, 4) is 5.69 Å². The van der Waals surface area contributed by atoms with E-state index in [1.54, 1.807) is 19.1 Å². The molecule has 0 saturated carbocycles. The van der Waals surface area contributed by atoms with Crippen LogP contribution in [0.5, 0.6) is 0 Å². The van der Waals surface area contributed by atoms with Crippen LogP contribution in [0, 0.1) is 0 Å². The molecule has 1 aromatic heterocycles. The molecule has 0 unspecified atom stereocenters. The number of hydrogen-bond donors (Lipinski definition) is 0. The van der Waals surface area contributed by atoms with Gasteiger partial charge in [0.05, 0.1) is 12.2 Å². The first-order chi connectivity index (χ1) is 12.7. The zero-order valence-electron chi connectivity index (χ0n) is 14.1. The van der Waals surface area contributed by atoms with Crippen LogP contribution < -0.4 is 4.90 Å². The van der Waals surface area contributed by atoms with Gasteiger partial charge in [-0.1, -0.05) is 36.4 Å². The summed E-state index contributed by atoms with van der Waals surface area (Å²) < 4.78 is 1.52. The average molecular weight is 348 g/mol. The first-order valence-electron chi connectivity index (χ1n) is 8.19. The van der Waals surface area contributed by atoms with E-state index >= 15 is 0 Å². The quantitative estimate of drug-likeness (QED) is 0.674. The average Bonchev–Trinajstić information content (AvgIpc) is 3.22. The number of anilines is 1. The first kappa shape index (κ1) is 15.9. The Morgan fingerprint density at radius 1 is 0.923 bits per heavy atom. The van der Waals surface area contributed by atoms with Crippen molar-refractivity contribution in [3.05, 3.63) is 66.5 Å². The highest BCUT2D eigenvalue weighted by Crippen LogP contribution is 2.26. The lowest BCUT2D eigenvalue weighted by atomic mass is 10.2. The number of para-hydroxylation sites is 2. The number of imide groups is 1. The molecule has 1 aliphatic rings. The van der Waals surface area contributed by atoms with E-state index in [9.17, 15) is 9.59 Å². The number of carbonyl (C=O) groups is 2. The van der Waals surface area contributed by atoms with Gasteiger partial charge in [0.15, 0.2) is 5.82 Å². The lowest BCUT2D eigenvalue weighted by Crippen LogP contribution is -2.34. The van der Waals surface area contributed by atoms with Crippen molar-refractivity contribution >= 4 is 17.6 Å². The van der Waals surface area contributed by atoms with E-state index in [0.717, 1.165) is 5.69 Å². The molecule has 1 saturated heterocycles. The van der Waals surface area contributed by atoms with Gasteiger partial charge in [0.1, 0.15) is 6.04 Å². The summed E-state index contributed by atoms with van der Waals surface area (Å²) in [7, 11) is 0. The van der Waals surface area contributed by atoms with Gasteiger partial charge in [-0.15, -0.1) is 5.10 Å². The lowest BCUT2D eigenvalue weighted by molar-refractivity contribution is -0.127. The zero-order chi connectivity index (χ0) is 18.1. The van der Waals surface area contributed by atoms with Crippen LogP contribution in [-0.4, -0.2) is 43.1 Å². The Labute approximate surface area is 149 Å². The molecule has 130 valence electrons. The van der Waals surface area contributed by atoms with Crippen molar-refractivity contribution in [1.29, 1.82) is 0 Å². The molecular weight excluding hydrogens is 332 g/mol. The topological polar surface area (TPSA) is 84.2 Å². The summed E-state index contributed by atoms with van der Waals surface area (Å²) in [5.74, 6) is 0.140. The Balaban J connectivity index is 1.63. The third-order valence-electron chi connectivity index (χ3n) is 4.32. The molecule has 0 radical (unpaired) electrons. The van der Waals surface area contributed by atoms with E-state index in [1.807, 2.05) is 48.5 Å². The number of nitrogens with zero attached hydrogens (tertiary/aromatic N) is 6. The van der Waals surface area contributed by atoms with Crippen molar-refractivity contribution in [2.75, 3.05) is 4.90 Å². The Kier molecular flexibility index (Phi) is 3.92. The third kappa shape index (κ3) is 2.61. The number of carbonyl (C=O) groups excluding carboxylic acids is 2. The molecule has 1 atom stereocenters. The molecular formula is C18H16N6O2. The second kappa shape index (κ2) is 6.40. The summed E-state index contributed by atoms with van der Waals surface area (Å²) in [6.07, 6.45) is 0. The van der Waals surface area contributed by atoms with E-state index in [-0.39, 0.29) is 18.5 Å². The number of aromatic nitrogens is 4. The number of tetrazole rings is 1. The minimum atomic E-state index is -0.578. The highest BCUT2D eigenvalue weighted by atomic mass is 16.2. The van der Waals surface area contributed by atoms with Gasteiger partial charge < -0.3 is 0 Å². The largest absolute Gasteiger partial charge is 0.332 e. The Morgan fingerprint density at radius 2 is 1.54 bits per heavy atom. The second-order valence-corrected chi connectivity index (χ2v) is 5.93. The van der Waals surface area contributed by atoms with Crippen molar-refractivity contribution in [2.24, 2.45) is 0 Å². The fourth-order valence-corrected chi connectivity index (χ4v) is 3.01. The van der Waals surface area contributed by atoms with Gasteiger partial charge in [-0.25, -0.2) is 4.79 Å². The van der Waals surface area contributed by atoms with Gasteiger partial charge in [0.2, 0.25) is 0 Å². The van der Waals surface area contributed by atoms with Gasteiger partial charge in [-0.05, 0) is 41.6 Å². The highest BCUT2D eigenvalue weighted by Gasteiger charge is 2.43. The van der Waals surface area contributed by atoms with Crippen LogP contribution >= 0.6 is 0 Å². The second-order valence-electron chi connectivity index (χ2n) is 5.93. The van der Waals surface area contributed by atoms with Crippen LogP contribution in [0.4, 0.5) is 10.5 Å². The molecule has 8 nitrogen and oxygen atoms in total. The van der Waals surface area contributed by atoms with Gasteiger partial charge in [0.25, 0.3) is 5.91 Å². The number of amides is 3. The van der Waals surface area contributed by atoms with Crippen LogP contribution in [0.25, 0.3) is 5.69 Å². The summed E-state index contributed by atoms with van der Waals surface area (Å²) in [5.41, 5.74) is 1.45. The van der Waals surface area contributed by atoms with Gasteiger partial charge in [-0.3, -0.25) is 14.6 Å². The molecule has 4 rings (SSSR count). The van der Waals surface area contributed by atoms with E-state index in [0.29, 0.717) is 11.5 Å². The molecule has 3 aromatic rings. The van der Waals surface area contributed by atoms with E-state index < -0.39 is 6.04 Å². The monoisotopic (exact) mass is 348 g/mol. The fourth-order valence-electron chi connectivity index (χ4n) is 3.01. The maximum atomic E-state index is 12.9. The van der Waals surface area contributed by atoms with E-state index in [2.05, 4.69) is 15.5 Å². The Hall–Kier alpha value is -3.55. The molecule has 1 aliphatic heterocycles. The maximum absolute atomic E-state index is 12.9. The molecule has 2 heterocycles. The van der Waals surface area contributed by atoms with Gasteiger partial charge in [0, 0.05) is 5.69 Å². The number of urea groups is 1. The van der Waals surface area contributed by atoms with Gasteiger partial charge in [-0.2, -0.15) is 4.68 Å². The van der Waals surface area contributed by atoms with Crippen molar-refractivity contribution in [3.63, 3.8) is 0 Å². The fraction of sp³-hybridized carbons (Fsp3) is 0.167. The molecule has 0 N–H and O–H groups in total. The molecule has 26 heavy (non-hydrogen) atoms. The summed E-state index contributed by atoms with van der Waals surface area (Å²) >= 11 is 0. The SMILES string of the molecule is C[C@H]1C(=O)N(Cc2nnnn2-c2ccccc2)C(=O)N1c1ccccc1. The van der Waals surface area contributed by atoms with E-state index in [4.69, 9.17) is 0 Å². The summed E-state index contributed by atoms with van der Waals surface area (Å²) in [6.45, 7) is 1.72. The van der Waals surface area contributed by atoms with Gasteiger partial charge >= 0.3 is 6.03 Å². The molecule has 0 bridgehead atoms. The molecule has 2 aromatic carbocycles. The number of rotatable bonds is 4. The van der Waals surface area contributed by atoms with Crippen LogP contribution in [0.15, 0.2) is 60.7 Å². The Bertz CT molecular complexity index is 941. The predicted octanol–water partition coefficient (Wildman–Crippen LogP) is 2.02. The summed E-state index contributed by atoms with van der Waals surface area (Å²) in [6, 6.07) is 17.5. The molecule has 0 aliphatic carbocycles. The van der Waals surface area contributed by atoms with Crippen molar-refractivity contribution < 1.29 is 9.59 Å². The van der Waals surface area contributed by atoms with Crippen molar-refractivity contribution in [1.82, 2.24) is 25.1 Å². The normalized spacial score (nSPS) is 17.2. The van der Waals surface area contributed by atoms with Crippen LogP contribution in [-0.2, 0) is 11.3 Å². The molecule has 1 fully saturated rings. The van der Waals surface area contributed by atoms with Crippen LogP contribution in [0.2, 0.25) is 0 Å². The molecule has 0 spiro atoms. The first-order valence-corrected chi connectivity index (χ1v) is 8.19. The minimum absolute atomic E-state index is 0.00718. The maximum Gasteiger partial charge on any atom is 0.332 e. The lowest BCUT2D eigenvalue weighted by Gasteiger charge is -2.19. The van der Waals surface area contributed by atoms with E-state index in [1.165, 1.54) is 14.5 Å². The summed E-state index contributed by atoms with van der Waals surface area (Å²) in [4.78, 5) is 28.2. The van der Waals surface area contributed by atoms with Crippen LogP contribution in [0.3, 0.4) is 0 Å². The standard InChI is InChI=1S/C18H16N6O2/c1-13-17(25)22(18(26)23(13)14-8-4-2-5-9-14)12-16-19-20-21-24(16)15-10-6-3-7-11-15/h2-11,13H,12H2,1H3/t13-/m0/s1. The smallest absolute Gasteiger partial charge is 0.282 e. The van der Waals surface area contributed by atoms with Crippen molar-refractivity contribution in [2.45, 2.75) is 19.5 Å². The highest BCUT2D eigenvalue weighted by molar-refractivity contribution is 6.13. The number of benzene rings is 2. The van der Waals surface area contributed by atoms with Crippen LogP contribution in [0.1, 0.15) is 12.7 Å². The molecule has 3 amide bonds.